The number of anilines is 2. The van der Waals surface area contributed by atoms with Gasteiger partial charge in [-0.15, -0.1) is 0 Å². The summed E-state index contributed by atoms with van der Waals surface area (Å²) >= 11 is 0. The fraction of sp³-hybridized carbons (Fsp3) is 0.222. The number of carbonyl (C=O) groups excluding carboxylic acids is 2. The van der Waals surface area contributed by atoms with Crippen molar-refractivity contribution < 1.29 is 27.5 Å². The summed E-state index contributed by atoms with van der Waals surface area (Å²) in [6, 6.07) is 10.9. The second-order valence-corrected chi connectivity index (χ2v) is 5.34. The minimum Gasteiger partial charge on any atom is -0.465 e. The molecule has 5 nitrogen and oxygen atoms in total. The lowest BCUT2D eigenvalue weighted by Gasteiger charge is -2.11. The summed E-state index contributed by atoms with van der Waals surface area (Å²) in [4.78, 5) is 23.5. The summed E-state index contributed by atoms with van der Waals surface area (Å²) in [5.41, 5.74) is 0.370. The Balaban J connectivity index is 1.87. The number of esters is 1. The maximum Gasteiger partial charge on any atom is 0.416 e. The van der Waals surface area contributed by atoms with Gasteiger partial charge in [0.15, 0.2) is 0 Å². The number of para-hydroxylation sites is 1. The zero-order valence-electron chi connectivity index (χ0n) is 13.9. The van der Waals surface area contributed by atoms with Crippen LogP contribution in [0.3, 0.4) is 0 Å². The van der Waals surface area contributed by atoms with Crippen LogP contribution in [0.15, 0.2) is 48.5 Å². The zero-order valence-corrected chi connectivity index (χ0v) is 13.9. The molecule has 0 heterocycles. The predicted octanol–water partition coefficient (Wildman–Crippen LogP) is 3.93. The molecular formula is C18H17F3N2O3. The van der Waals surface area contributed by atoms with E-state index in [9.17, 15) is 22.8 Å². The van der Waals surface area contributed by atoms with Crippen molar-refractivity contribution in [3.05, 3.63) is 59.7 Å². The second kappa shape index (κ2) is 8.37. The average molecular weight is 366 g/mol. The van der Waals surface area contributed by atoms with E-state index in [1.54, 1.807) is 24.3 Å². The number of ether oxygens (including phenoxy) is 1. The van der Waals surface area contributed by atoms with Crippen LogP contribution in [0.2, 0.25) is 0 Å². The van der Waals surface area contributed by atoms with Gasteiger partial charge in [-0.1, -0.05) is 12.1 Å². The van der Waals surface area contributed by atoms with Gasteiger partial charge < -0.3 is 15.4 Å². The summed E-state index contributed by atoms with van der Waals surface area (Å²) in [6.07, 6.45) is -4.35. The van der Waals surface area contributed by atoms with Crippen molar-refractivity contribution in [2.45, 2.75) is 12.6 Å². The molecule has 0 radical (unpaired) electrons. The van der Waals surface area contributed by atoms with E-state index in [0.29, 0.717) is 11.3 Å². The molecule has 2 rings (SSSR count). The molecule has 0 unspecified atom stereocenters. The van der Waals surface area contributed by atoms with E-state index < -0.39 is 17.7 Å². The van der Waals surface area contributed by atoms with E-state index in [0.717, 1.165) is 12.1 Å². The summed E-state index contributed by atoms with van der Waals surface area (Å²) in [6.45, 7) is 0.237. The Bertz CT molecular complexity index is 774. The van der Waals surface area contributed by atoms with Gasteiger partial charge in [0.25, 0.3) is 0 Å². The van der Waals surface area contributed by atoms with Crippen molar-refractivity contribution in [1.29, 1.82) is 0 Å². The molecule has 0 spiro atoms. The smallest absolute Gasteiger partial charge is 0.416 e. The van der Waals surface area contributed by atoms with E-state index in [1.165, 1.54) is 19.2 Å². The van der Waals surface area contributed by atoms with Crippen molar-refractivity contribution >= 4 is 23.3 Å². The predicted molar refractivity (Wildman–Crippen MR) is 91.0 cm³/mol. The van der Waals surface area contributed by atoms with Gasteiger partial charge in [-0.25, -0.2) is 4.79 Å². The van der Waals surface area contributed by atoms with E-state index in [2.05, 4.69) is 15.4 Å². The Morgan fingerprint density at radius 3 is 2.31 bits per heavy atom. The summed E-state index contributed by atoms with van der Waals surface area (Å²) in [5.74, 6) is -0.866. The minimum atomic E-state index is -4.42. The van der Waals surface area contributed by atoms with Crippen LogP contribution in [-0.4, -0.2) is 25.5 Å². The normalized spacial score (nSPS) is 10.9. The van der Waals surface area contributed by atoms with E-state index in [1.807, 2.05) is 0 Å². The van der Waals surface area contributed by atoms with Crippen LogP contribution in [0.25, 0.3) is 0 Å². The highest BCUT2D eigenvalue weighted by Gasteiger charge is 2.29. The fourth-order valence-electron chi connectivity index (χ4n) is 2.20. The second-order valence-electron chi connectivity index (χ2n) is 5.34. The molecule has 0 aliphatic carbocycles. The first kappa shape index (κ1) is 19.3. The van der Waals surface area contributed by atoms with Crippen LogP contribution >= 0.6 is 0 Å². The van der Waals surface area contributed by atoms with Crippen LogP contribution < -0.4 is 10.6 Å². The molecule has 0 atom stereocenters. The third-order valence-electron chi connectivity index (χ3n) is 3.50. The van der Waals surface area contributed by atoms with Crippen LogP contribution in [0.1, 0.15) is 22.3 Å². The number of alkyl halides is 3. The molecule has 8 heteroatoms. The van der Waals surface area contributed by atoms with Crippen LogP contribution in [0.4, 0.5) is 24.5 Å². The van der Waals surface area contributed by atoms with Crippen LogP contribution in [0, 0.1) is 0 Å². The van der Waals surface area contributed by atoms with Crippen molar-refractivity contribution in [2.75, 3.05) is 24.3 Å². The minimum absolute atomic E-state index is 0.0660. The first-order chi connectivity index (χ1) is 12.3. The summed E-state index contributed by atoms with van der Waals surface area (Å²) in [7, 11) is 1.27. The Morgan fingerprint density at radius 1 is 1.04 bits per heavy atom. The number of hydrogen-bond donors (Lipinski definition) is 2. The lowest BCUT2D eigenvalue weighted by atomic mass is 10.1. The Hall–Kier alpha value is -3.03. The van der Waals surface area contributed by atoms with Gasteiger partial charge in [0.05, 0.1) is 18.2 Å². The first-order valence-electron chi connectivity index (χ1n) is 7.69. The molecule has 26 heavy (non-hydrogen) atoms. The van der Waals surface area contributed by atoms with Crippen LogP contribution in [-0.2, 0) is 15.7 Å². The molecule has 0 aliphatic heterocycles. The molecule has 0 bridgehead atoms. The van der Waals surface area contributed by atoms with Crippen LogP contribution in [0.5, 0.6) is 0 Å². The molecular weight excluding hydrogens is 349 g/mol. The van der Waals surface area contributed by atoms with E-state index >= 15 is 0 Å². The number of methoxy groups -OCH3 is 1. The van der Waals surface area contributed by atoms with Gasteiger partial charge in [0.2, 0.25) is 5.91 Å². The standard InChI is InChI=1S/C18H17F3N2O3/c1-26-17(25)14-4-2-3-5-15(14)22-11-10-16(24)23-13-8-6-12(7-9-13)18(19,20)21/h2-9,22H,10-11H2,1H3,(H,23,24). The molecule has 1 amide bonds. The monoisotopic (exact) mass is 366 g/mol. The topological polar surface area (TPSA) is 67.4 Å². The highest BCUT2D eigenvalue weighted by atomic mass is 19.4. The Kier molecular flexibility index (Phi) is 6.21. The maximum atomic E-state index is 12.5. The highest BCUT2D eigenvalue weighted by Crippen LogP contribution is 2.29. The lowest BCUT2D eigenvalue weighted by Crippen LogP contribution is -2.17. The van der Waals surface area contributed by atoms with Gasteiger partial charge in [0.1, 0.15) is 0 Å². The molecule has 0 saturated carbocycles. The van der Waals surface area contributed by atoms with Gasteiger partial charge in [-0.2, -0.15) is 13.2 Å². The molecule has 138 valence electrons. The average Bonchev–Trinajstić information content (AvgIpc) is 2.61. The third kappa shape index (κ3) is 5.23. The number of amides is 1. The van der Waals surface area contributed by atoms with Crippen molar-refractivity contribution in [2.24, 2.45) is 0 Å². The number of rotatable bonds is 6. The van der Waals surface area contributed by atoms with Crippen molar-refractivity contribution in [3.63, 3.8) is 0 Å². The molecule has 0 aliphatic rings. The van der Waals surface area contributed by atoms with Gasteiger partial charge in [-0.05, 0) is 36.4 Å². The molecule has 2 N–H and O–H groups in total. The van der Waals surface area contributed by atoms with Gasteiger partial charge >= 0.3 is 12.1 Å². The Morgan fingerprint density at radius 2 is 1.69 bits per heavy atom. The Labute approximate surface area is 148 Å². The third-order valence-corrected chi connectivity index (χ3v) is 3.50. The van der Waals surface area contributed by atoms with Crippen molar-refractivity contribution in [1.82, 2.24) is 0 Å². The number of benzene rings is 2. The quantitative estimate of drug-likeness (QED) is 0.760. The first-order valence-corrected chi connectivity index (χ1v) is 7.69. The maximum absolute atomic E-state index is 12.5. The largest absolute Gasteiger partial charge is 0.465 e. The zero-order chi connectivity index (χ0) is 19.2. The van der Waals surface area contributed by atoms with Crippen molar-refractivity contribution in [3.8, 4) is 0 Å². The molecule has 0 aromatic heterocycles. The SMILES string of the molecule is COC(=O)c1ccccc1NCCC(=O)Nc1ccc(C(F)(F)F)cc1. The number of carbonyl (C=O) groups is 2. The molecule has 2 aromatic carbocycles. The summed E-state index contributed by atoms with van der Waals surface area (Å²) in [5, 5.41) is 5.48. The molecule has 2 aromatic rings. The number of halogens is 3. The van der Waals surface area contributed by atoms with Gasteiger partial charge in [0, 0.05) is 24.3 Å². The van der Waals surface area contributed by atoms with E-state index in [-0.39, 0.29) is 24.6 Å². The van der Waals surface area contributed by atoms with E-state index in [4.69, 9.17) is 0 Å². The summed E-state index contributed by atoms with van der Waals surface area (Å²) < 4.78 is 42.2. The molecule has 0 saturated heterocycles. The number of nitrogens with one attached hydrogen (secondary N) is 2. The highest BCUT2D eigenvalue weighted by molar-refractivity contribution is 5.95. The number of hydrogen-bond acceptors (Lipinski definition) is 4. The lowest BCUT2D eigenvalue weighted by molar-refractivity contribution is -0.137. The fourth-order valence-corrected chi connectivity index (χ4v) is 2.20. The molecule has 0 fully saturated rings. The van der Waals surface area contributed by atoms with Gasteiger partial charge in [-0.3, -0.25) is 4.79 Å².